The highest BCUT2D eigenvalue weighted by atomic mass is 32.2. The molecule has 0 amide bonds. The van der Waals surface area contributed by atoms with Gasteiger partial charge in [-0.05, 0) is 49.7 Å². The molecule has 0 saturated carbocycles. The van der Waals surface area contributed by atoms with Crippen LogP contribution >= 0.6 is 0 Å². The van der Waals surface area contributed by atoms with Crippen LogP contribution in [0.1, 0.15) is 11.1 Å². The van der Waals surface area contributed by atoms with Gasteiger partial charge in [0.15, 0.2) is 0 Å². The van der Waals surface area contributed by atoms with E-state index in [0.29, 0.717) is 5.69 Å². The number of fused-ring (bicyclic) bond motifs is 3. The lowest BCUT2D eigenvalue weighted by molar-refractivity contribution is 0.166. The van der Waals surface area contributed by atoms with Gasteiger partial charge in [0.05, 0.1) is 29.8 Å². The number of nitrogens with zero attached hydrogens (tertiary/aromatic N) is 2. The maximum Gasteiger partial charge on any atom is 0.264 e. The van der Waals surface area contributed by atoms with Gasteiger partial charge in [-0.1, -0.05) is 72.3 Å². The molecule has 0 fully saturated rings. The van der Waals surface area contributed by atoms with Gasteiger partial charge in [-0.3, -0.25) is 4.31 Å². The molecule has 178 valence electrons. The Kier molecular flexibility index (Phi) is 6.09. The normalized spacial score (nSPS) is 12.8. The van der Waals surface area contributed by atoms with Gasteiger partial charge in [0.25, 0.3) is 10.0 Å². The number of hydrogen-bond donors (Lipinski definition) is 1. The maximum atomic E-state index is 13.8. The summed E-state index contributed by atoms with van der Waals surface area (Å²) in [5.41, 5.74) is 4.40. The van der Waals surface area contributed by atoms with E-state index in [9.17, 15) is 13.5 Å². The van der Waals surface area contributed by atoms with Crippen molar-refractivity contribution in [2.75, 3.05) is 10.8 Å². The van der Waals surface area contributed by atoms with Crippen molar-refractivity contribution >= 4 is 37.5 Å². The van der Waals surface area contributed by atoms with Crippen molar-refractivity contribution in [2.45, 2.75) is 31.4 Å². The summed E-state index contributed by atoms with van der Waals surface area (Å²) in [5, 5.41) is 13.5. The van der Waals surface area contributed by atoms with Crippen LogP contribution in [0, 0.1) is 13.8 Å². The average Bonchev–Trinajstić information content (AvgIpc) is 3.17. The Balaban J connectivity index is 1.54. The van der Waals surface area contributed by atoms with E-state index < -0.39 is 16.1 Å². The van der Waals surface area contributed by atoms with Crippen LogP contribution in [0.15, 0.2) is 102 Å². The lowest BCUT2D eigenvalue weighted by atomic mass is 10.2. The van der Waals surface area contributed by atoms with Crippen molar-refractivity contribution in [1.29, 1.82) is 0 Å². The maximum absolute atomic E-state index is 13.8. The molecular weight excluding hydrogens is 456 g/mol. The summed E-state index contributed by atoms with van der Waals surface area (Å²) in [5.74, 6) is 0. The third kappa shape index (κ3) is 4.31. The summed E-state index contributed by atoms with van der Waals surface area (Å²) < 4.78 is 30.9. The highest BCUT2D eigenvalue weighted by molar-refractivity contribution is 7.92. The Morgan fingerprint density at radius 3 is 1.91 bits per heavy atom. The van der Waals surface area contributed by atoms with E-state index in [2.05, 4.69) is 16.7 Å². The van der Waals surface area contributed by atoms with Crippen molar-refractivity contribution in [3.8, 4) is 0 Å². The Hall–Kier alpha value is -3.61. The Bertz CT molecular complexity index is 1550. The molecule has 4 aromatic carbocycles. The predicted octanol–water partition coefficient (Wildman–Crippen LogP) is 5.67. The standard InChI is InChI=1S/C29H28N2O3S/c1-21-15-17-24(18-16-21)35(33,34)31(27-12-6-3-9-22(27)2)20-23(32)19-30-28-13-7-4-10-25(28)26-11-5-8-14-29(26)30/h3-18,23,32H,19-20H2,1-2H3/t23-/m0/s1. The molecule has 5 nitrogen and oxygen atoms in total. The third-order valence-electron chi connectivity index (χ3n) is 6.44. The van der Waals surface area contributed by atoms with Gasteiger partial charge in [0.2, 0.25) is 0 Å². The summed E-state index contributed by atoms with van der Waals surface area (Å²) in [7, 11) is -3.89. The molecular formula is C29H28N2O3S. The molecule has 0 unspecified atom stereocenters. The smallest absolute Gasteiger partial charge is 0.264 e. The van der Waals surface area contributed by atoms with Crippen molar-refractivity contribution in [3.63, 3.8) is 0 Å². The fourth-order valence-corrected chi connectivity index (χ4v) is 6.23. The minimum absolute atomic E-state index is 0.0676. The van der Waals surface area contributed by atoms with Gasteiger partial charge in [-0.25, -0.2) is 8.42 Å². The van der Waals surface area contributed by atoms with Crippen LogP contribution in [0.5, 0.6) is 0 Å². The third-order valence-corrected chi connectivity index (χ3v) is 8.24. The molecule has 0 spiro atoms. The number of benzene rings is 4. The average molecular weight is 485 g/mol. The molecule has 35 heavy (non-hydrogen) atoms. The van der Waals surface area contributed by atoms with Crippen LogP contribution in [0.3, 0.4) is 0 Å². The number of aryl methyl sites for hydroxylation is 2. The topological polar surface area (TPSA) is 62.5 Å². The lowest BCUT2D eigenvalue weighted by Gasteiger charge is -2.28. The number of para-hydroxylation sites is 3. The van der Waals surface area contributed by atoms with Crippen molar-refractivity contribution in [2.24, 2.45) is 0 Å². The lowest BCUT2D eigenvalue weighted by Crippen LogP contribution is -2.39. The van der Waals surface area contributed by atoms with E-state index >= 15 is 0 Å². The molecule has 0 saturated heterocycles. The van der Waals surface area contributed by atoms with Gasteiger partial charge >= 0.3 is 0 Å². The van der Waals surface area contributed by atoms with Gasteiger partial charge in [-0.2, -0.15) is 0 Å². The number of aromatic nitrogens is 1. The highest BCUT2D eigenvalue weighted by Crippen LogP contribution is 2.30. The first kappa shape index (κ1) is 23.1. The number of hydrogen-bond acceptors (Lipinski definition) is 3. The summed E-state index contributed by atoms with van der Waals surface area (Å²) in [6, 6.07) is 30.4. The zero-order valence-electron chi connectivity index (χ0n) is 19.8. The summed E-state index contributed by atoms with van der Waals surface area (Å²) in [4.78, 5) is 0.204. The molecule has 1 atom stereocenters. The van der Waals surface area contributed by atoms with Crippen molar-refractivity contribution < 1.29 is 13.5 Å². The molecule has 0 aliphatic rings. The highest BCUT2D eigenvalue weighted by Gasteiger charge is 2.28. The zero-order chi connectivity index (χ0) is 24.6. The zero-order valence-corrected chi connectivity index (χ0v) is 20.6. The van der Waals surface area contributed by atoms with Crippen LogP contribution in [0.25, 0.3) is 21.8 Å². The van der Waals surface area contributed by atoms with Gasteiger partial charge in [0, 0.05) is 21.8 Å². The molecule has 6 heteroatoms. The Morgan fingerprint density at radius 2 is 1.31 bits per heavy atom. The number of sulfonamides is 1. The van der Waals surface area contributed by atoms with Crippen LogP contribution in [-0.2, 0) is 16.6 Å². The second kappa shape index (κ2) is 9.21. The monoisotopic (exact) mass is 484 g/mol. The molecule has 0 aliphatic carbocycles. The molecule has 1 N–H and O–H groups in total. The van der Waals surface area contributed by atoms with Gasteiger partial charge in [-0.15, -0.1) is 0 Å². The second-order valence-corrected chi connectivity index (χ2v) is 10.8. The molecule has 0 bridgehead atoms. The van der Waals surface area contributed by atoms with E-state index in [1.54, 1.807) is 30.3 Å². The van der Waals surface area contributed by atoms with E-state index in [0.717, 1.165) is 32.9 Å². The summed E-state index contributed by atoms with van der Waals surface area (Å²) in [6.07, 6.45) is -0.936. The quantitative estimate of drug-likeness (QED) is 0.324. The van der Waals surface area contributed by atoms with Gasteiger partial charge < -0.3 is 9.67 Å². The second-order valence-electron chi connectivity index (χ2n) is 8.93. The van der Waals surface area contributed by atoms with Crippen LogP contribution < -0.4 is 4.31 Å². The Morgan fingerprint density at radius 1 is 0.771 bits per heavy atom. The number of rotatable bonds is 7. The first-order chi connectivity index (χ1) is 16.9. The van der Waals surface area contributed by atoms with E-state index in [-0.39, 0.29) is 18.0 Å². The minimum atomic E-state index is -3.89. The molecule has 0 aliphatic heterocycles. The van der Waals surface area contributed by atoms with E-state index in [1.165, 1.54) is 4.31 Å². The van der Waals surface area contributed by atoms with Crippen molar-refractivity contribution in [1.82, 2.24) is 4.57 Å². The van der Waals surface area contributed by atoms with E-state index in [1.807, 2.05) is 68.4 Å². The molecule has 5 aromatic rings. The molecule has 0 radical (unpaired) electrons. The molecule has 1 aromatic heterocycles. The fourth-order valence-electron chi connectivity index (χ4n) is 4.67. The fraction of sp³-hybridized carbons (Fsp3) is 0.172. The number of aliphatic hydroxyl groups excluding tert-OH is 1. The SMILES string of the molecule is Cc1ccc(S(=O)(=O)N(C[C@@H](O)Cn2c3ccccc3c3ccccc32)c2ccccc2C)cc1. The first-order valence-electron chi connectivity index (χ1n) is 11.7. The predicted molar refractivity (Wildman–Crippen MR) is 142 cm³/mol. The molecule has 5 rings (SSSR count). The van der Waals surface area contributed by atoms with E-state index in [4.69, 9.17) is 0 Å². The van der Waals surface area contributed by atoms with Crippen LogP contribution in [0.4, 0.5) is 5.69 Å². The Labute approximate surface area is 205 Å². The minimum Gasteiger partial charge on any atom is -0.389 e. The van der Waals surface area contributed by atoms with Crippen molar-refractivity contribution in [3.05, 3.63) is 108 Å². The summed E-state index contributed by atoms with van der Waals surface area (Å²) in [6.45, 7) is 4.00. The number of anilines is 1. The first-order valence-corrected chi connectivity index (χ1v) is 13.1. The number of aliphatic hydroxyl groups is 1. The molecule has 1 heterocycles. The largest absolute Gasteiger partial charge is 0.389 e. The van der Waals surface area contributed by atoms with Crippen LogP contribution in [0.2, 0.25) is 0 Å². The van der Waals surface area contributed by atoms with Gasteiger partial charge in [0.1, 0.15) is 0 Å². The summed E-state index contributed by atoms with van der Waals surface area (Å²) >= 11 is 0. The van der Waals surface area contributed by atoms with Crippen LogP contribution in [-0.4, -0.2) is 30.7 Å².